The van der Waals surface area contributed by atoms with Gasteiger partial charge in [0.1, 0.15) is 0 Å². The fraction of sp³-hybridized carbons (Fsp3) is 0.207. The molecule has 7 nitrogen and oxygen atoms in total. The molecule has 0 bridgehead atoms. The van der Waals surface area contributed by atoms with Gasteiger partial charge < -0.3 is 20.1 Å². The highest BCUT2D eigenvalue weighted by molar-refractivity contribution is 8.00. The summed E-state index contributed by atoms with van der Waals surface area (Å²) in [5, 5.41) is 8.00. The first kappa shape index (κ1) is 27.2. The number of carbonyl (C=O) groups excluding carboxylic acids is 2. The van der Waals surface area contributed by atoms with E-state index in [1.165, 1.54) is 23.1 Å². The lowest BCUT2D eigenvalue weighted by Crippen LogP contribution is -2.24. The van der Waals surface area contributed by atoms with E-state index in [0.29, 0.717) is 35.2 Å². The number of carbonyl (C=O) groups is 2. The van der Waals surface area contributed by atoms with Crippen molar-refractivity contribution >= 4 is 45.7 Å². The molecule has 9 heteroatoms. The maximum absolute atomic E-state index is 13.1. The molecule has 2 N–H and O–H groups in total. The molecule has 1 aromatic heterocycles. The molecular formula is C29H29N3O4S2. The predicted octanol–water partition coefficient (Wildman–Crippen LogP) is 6.52. The van der Waals surface area contributed by atoms with Crippen LogP contribution in [0.4, 0.5) is 10.8 Å². The highest BCUT2D eigenvalue weighted by Crippen LogP contribution is 2.34. The first-order valence-corrected chi connectivity index (χ1v) is 13.8. The second-order valence-electron chi connectivity index (χ2n) is 8.35. The number of rotatable bonds is 11. The number of nitrogens with zero attached hydrogens (tertiary/aromatic N) is 1. The zero-order valence-corrected chi connectivity index (χ0v) is 23.0. The number of amides is 2. The van der Waals surface area contributed by atoms with Gasteiger partial charge in [-0.2, -0.15) is 0 Å². The highest BCUT2D eigenvalue weighted by atomic mass is 32.2. The van der Waals surface area contributed by atoms with Crippen molar-refractivity contribution in [3.05, 3.63) is 83.7 Å². The molecule has 1 atom stereocenters. The van der Waals surface area contributed by atoms with Crippen LogP contribution in [0.5, 0.6) is 11.5 Å². The van der Waals surface area contributed by atoms with Crippen LogP contribution in [0.25, 0.3) is 11.3 Å². The van der Waals surface area contributed by atoms with Gasteiger partial charge in [-0.15, -0.1) is 23.1 Å². The van der Waals surface area contributed by atoms with Crippen LogP contribution in [0.15, 0.2) is 83.1 Å². The summed E-state index contributed by atoms with van der Waals surface area (Å²) in [5.41, 5.74) is 3.26. The molecule has 38 heavy (non-hydrogen) atoms. The second-order valence-corrected chi connectivity index (χ2v) is 10.5. The van der Waals surface area contributed by atoms with Crippen LogP contribution in [0, 0.1) is 0 Å². The van der Waals surface area contributed by atoms with E-state index in [4.69, 9.17) is 9.47 Å². The summed E-state index contributed by atoms with van der Waals surface area (Å²) in [5.74, 6) is 1.05. The van der Waals surface area contributed by atoms with Crippen LogP contribution in [-0.2, 0) is 16.0 Å². The summed E-state index contributed by atoms with van der Waals surface area (Å²) in [6.07, 6.45) is 0.937. The summed E-state index contributed by atoms with van der Waals surface area (Å²) in [6, 6.07) is 22.7. The first-order chi connectivity index (χ1) is 18.5. The van der Waals surface area contributed by atoms with E-state index in [9.17, 15) is 9.59 Å². The average molecular weight is 548 g/mol. The number of hydrogen-bond acceptors (Lipinski definition) is 7. The monoisotopic (exact) mass is 547 g/mol. The number of ether oxygens (including phenoxy) is 2. The van der Waals surface area contributed by atoms with E-state index in [0.717, 1.165) is 21.7 Å². The largest absolute Gasteiger partial charge is 0.493 e. The Kier molecular flexibility index (Phi) is 9.40. The van der Waals surface area contributed by atoms with Crippen LogP contribution in [-0.4, -0.2) is 36.3 Å². The van der Waals surface area contributed by atoms with E-state index in [-0.39, 0.29) is 17.1 Å². The van der Waals surface area contributed by atoms with Gasteiger partial charge in [0.2, 0.25) is 11.8 Å². The van der Waals surface area contributed by atoms with E-state index in [2.05, 4.69) is 15.6 Å². The third-order valence-electron chi connectivity index (χ3n) is 5.68. The Morgan fingerprint density at radius 1 is 0.947 bits per heavy atom. The molecule has 0 spiro atoms. The lowest BCUT2D eigenvalue weighted by atomic mass is 10.1. The predicted molar refractivity (Wildman–Crippen MR) is 154 cm³/mol. The molecular weight excluding hydrogens is 518 g/mol. The highest BCUT2D eigenvalue weighted by Gasteiger charge is 2.20. The van der Waals surface area contributed by atoms with Gasteiger partial charge in [0, 0.05) is 21.5 Å². The number of benzene rings is 3. The normalized spacial score (nSPS) is 11.4. The summed E-state index contributed by atoms with van der Waals surface area (Å²) in [4.78, 5) is 31.0. The molecule has 4 aromatic rings. The Balaban J connectivity index is 1.37. The Morgan fingerprint density at radius 2 is 1.74 bits per heavy atom. The zero-order chi connectivity index (χ0) is 26.9. The van der Waals surface area contributed by atoms with Crippen molar-refractivity contribution in [2.75, 3.05) is 24.9 Å². The van der Waals surface area contributed by atoms with Gasteiger partial charge in [0.15, 0.2) is 16.6 Å². The molecule has 0 aliphatic carbocycles. The quantitative estimate of drug-likeness (QED) is 0.208. The van der Waals surface area contributed by atoms with E-state index in [1.54, 1.807) is 14.2 Å². The van der Waals surface area contributed by atoms with E-state index in [1.807, 2.05) is 85.1 Å². The molecule has 0 saturated heterocycles. The molecule has 0 fully saturated rings. The minimum atomic E-state index is -0.321. The first-order valence-electron chi connectivity index (χ1n) is 12.1. The summed E-state index contributed by atoms with van der Waals surface area (Å²) >= 11 is 2.82. The van der Waals surface area contributed by atoms with Gasteiger partial charge in [-0.1, -0.05) is 43.3 Å². The molecule has 4 rings (SSSR count). The van der Waals surface area contributed by atoms with Crippen molar-refractivity contribution in [1.29, 1.82) is 0 Å². The smallest absolute Gasteiger partial charge is 0.239 e. The number of anilines is 2. The van der Waals surface area contributed by atoms with Crippen LogP contribution < -0.4 is 20.1 Å². The Labute approximate surface area is 230 Å². The topological polar surface area (TPSA) is 89.6 Å². The zero-order valence-electron chi connectivity index (χ0n) is 21.4. The average Bonchev–Trinajstić information content (AvgIpc) is 3.40. The summed E-state index contributed by atoms with van der Waals surface area (Å²) in [7, 11) is 3.18. The molecule has 2 amide bonds. The van der Waals surface area contributed by atoms with Crippen molar-refractivity contribution in [2.24, 2.45) is 0 Å². The molecule has 3 aromatic carbocycles. The lowest BCUT2D eigenvalue weighted by Gasteiger charge is -2.14. The Morgan fingerprint density at radius 3 is 2.47 bits per heavy atom. The minimum Gasteiger partial charge on any atom is -0.493 e. The second kappa shape index (κ2) is 13.1. The van der Waals surface area contributed by atoms with Crippen molar-refractivity contribution in [3.8, 4) is 22.8 Å². The molecule has 1 heterocycles. The third-order valence-corrected chi connectivity index (χ3v) is 7.80. The van der Waals surface area contributed by atoms with Crippen LogP contribution in [0.2, 0.25) is 0 Å². The number of thiazole rings is 1. The summed E-state index contributed by atoms with van der Waals surface area (Å²) in [6.45, 7) is 1.97. The number of nitrogens with one attached hydrogen (secondary N) is 2. The van der Waals surface area contributed by atoms with Gasteiger partial charge in [-0.05, 0) is 48.4 Å². The van der Waals surface area contributed by atoms with Gasteiger partial charge in [-0.25, -0.2) is 4.98 Å². The third kappa shape index (κ3) is 7.14. The molecule has 196 valence electrons. The fourth-order valence-electron chi connectivity index (χ4n) is 3.77. The number of thioether (sulfide) groups is 1. The van der Waals surface area contributed by atoms with Crippen molar-refractivity contribution in [3.63, 3.8) is 0 Å². The maximum atomic E-state index is 13.1. The molecule has 0 saturated carbocycles. The Hall–Kier alpha value is -3.82. The maximum Gasteiger partial charge on any atom is 0.239 e. The number of hydrogen-bond donors (Lipinski definition) is 2. The van der Waals surface area contributed by atoms with Crippen LogP contribution in [0.3, 0.4) is 0 Å². The van der Waals surface area contributed by atoms with Crippen molar-refractivity contribution in [2.45, 2.75) is 29.9 Å². The summed E-state index contributed by atoms with van der Waals surface area (Å²) < 4.78 is 10.7. The van der Waals surface area contributed by atoms with Crippen LogP contribution >= 0.6 is 23.1 Å². The van der Waals surface area contributed by atoms with Gasteiger partial charge in [-0.3, -0.25) is 9.59 Å². The molecule has 1 unspecified atom stereocenters. The van der Waals surface area contributed by atoms with Crippen molar-refractivity contribution in [1.82, 2.24) is 4.98 Å². The number of aromatic nitrogens is 1. The van der Waals surface area contributed by atoms with Crippen LogP contribution in [0.1, 0.15) is 18.9 Å². The lowest BCUT2D eigenvalue weighted by molar-refractivity contribution is -0.116. The van der Waals surface area contributed by atoms with Gasteiger partial charge in [0.05, 0.1) is 31.6 Å². The minimum absolute atomic E-state index is 0.0859. The van der Waals surface area contributed by atoms with E-state index >= 15 is 0 Å². The van der Waals surface area contributed by atoms with Gasteiger partial charge >= 0.3 is 0 Å². The SMILES string of the molecule is CCC(Sc1cccc(NC(=O)Cc2ccccc2)c1)C(=O)Nc1nc(-c2ccc(OC)c(OC)c2)cs1. The fourth-order valence-corrected chi connectivity index (χ4v) is 5.50. The molecule has 0 aliphatic heterocycles. The van der Waals surface area contributed by atoms with Gasteiger partial charge in [0.25, 0.3) is 0 Å². The number of methoxy groups -OCH3 is 2. The molecule has 0 aliphatic rings. The Bertz CT molecular complexity index is 1390. The standard InChI is InChI=1S/C29H29N3O4S2/c1-4-26(38-22-12-8-11-21(17-22)30-27(33)15-19-9-6-5-7-10-19)28(34)32-29-31-23(18-37-29)20-13-14-24(35-2)25(16-20)36-3/h5-14,16-18,26H,4,15H2,1-3H3,(H,30,33)(H,31,32,34). The molecule has 0 radical (unpaired) electrons. The van der Waals surface area contributed by atoms with Crippen molar-refractivity contribution < 1.29 is 19.1 Å². The van der Waals surface area contributed by atoms with E-state index < -0.39 is 0 Å².